The van der Waals surface area contributed by atoms with Gasteiger partial charge in [-0.3, -0.25) is 15.6 Å². The van der Waals surface area contributed by atoms with Crippen molar-refractivity contribution in [1.29, 1.82) is 0 Å². The smallest absolute Gasteiger partial charge is 0.341 e. The van der Waals surface area contributed by atoms with Crippen LogP contribution in [0.3, 0.4) is 0 Å². The van der Waals surface area contributed by atoms with Gasteiger partial charge < -0.3 is 14.5 Å². The number of hydrogen-bond acceptors (Lipinski definition) is 6. The molecule has 0 aliphatic carbocycles. The third-order valence-electron chi connectivity index (χ3n) is 3.09. The summed E-state index contributed by atoms with van der Waals surface area (Å²) in [5.74, 6) is -0.821. The Balaban J connectivity index is 2.01. The monoisotopic (exact) mass is 431 g/mol. The highest BCUT2D eigenvalue weighted by Crippen LogP contribution is 2.32. The third kappa shape index (κ3) is 4.13. The van der Waals surface area contributed by atoms with Crippen molar-refractivity contribution in [2.45, 2.75) is 13.8 Å². The van der Waals surface area contributed by atoms with E-state index in [4.69, 9.17) is 21.4 Å². The van der Waals surface area contributed by atoms with E-state index < -0.39 is 11.9 Å². The molecule has 24 heavy (non-hydrogen) atoms. The fraction of sp³-hybridized carbons (Fsp3) is 0.214. The maximum Gasteiger partial charge on any atom is 0.341 e. The van der Waals surface area contributed by atoms with Gasteiger partial charge in [0.25, 0.3) is 0 Å². The number of rotatable bonds is 3. The standard InChI is InChI=1S/C14H14BrN3O4S2/c1-6-7(2)24-12(10(6)13(20)21-3)16-14(23)18-17-11(19)8-4-5-9(15)22-8/h4-5H,1-3H3,(H,17,19)(H2,16,18,23). The van der Waals surface area contributed by atoms with Crippen LogP contribution in [-0.2, 0) is 4.74 Å². The number of amides is 1. The molecule has 7 nitrogen and oxygen atoms in total. The first-order valence-electron chi connectivity index (χ1n) is 6.64. The quantitative estimate of drug-likeness (QED) is 0.390. The van der Waals surface area contributed by atoms with Gasteiger partial charge in [0.2, 0.25) is 0 Å². The number of aryl methyl sites for hydroxylation is 1. The fourth-order valence-electron chi connectivity index (χ4n) is 1.81. The minimum Gasteiger partial charge on any atom is -0.465 e. The topological polar surface area (TPSA) is 92.6 Å². The first-order chi connectivity index (χ1) is 11.3. The zero-order chi connectivity index (χ0) is 17.9. The number of carbonyl (C=O) groups excluding carboxylic acids is 2. The normalized spacial score (nSPS) is 10.2. The van der Waals surface area contributed by atoms with E-state index in [0.717, 1.165) is 10.4 Å². The average Bonchev–Trinajstić information content (AvgIpc) is 3.09. The number of esters is 1. The molecule has 128 valence electrons. The molecule has 0 atom stereocenters. The Bertz CT molecular complexity index is 800. The fourth-order valence-corrected chi connectivity index (χ4v) is 3.39. The van der Waals surface area contributed by atoms with Gasteiger partial charge >= 0.3 is 11.9 Å². The lowest BCUT2D eigenvalue weighted by Crippen LogP contribution is -2.43. The molecular formula is C14H14BrN3O4S2. The van der Waals surface area contributed by atoms with Gasteiger partial charge in [-0.05, 0) is 59.7 Å². The Morgan fingerprint density at radius 2 is 2.00 bits per heavy atom. The molecule has 0 radical (unpaired) electrons. The van der Waals surface area contributed by atoms with Gasteiger partial charge in [0, 0.05) is 4.88 Å². The summed E-state index contributed by atoms with van der Waals surface area (Å²) in [7, 11) is 1.32. The molecule has 0 unspecified atom stereocenters. The Morgan fingerprint density at radius 3 is 2.58 bits per heavy atom. The van der Waals surface area contributed by atoms with E-state index in [1.54, 1.807) is 6.07 Å². The second kappa shape index (κ2) is 7.77. The molecule has 1 amide bonds. The second-order valence-corrected chi connectivity index (χ2v) is 7.03. The van der Waals surface area contributed by atoms with Crippen molar-refractivity contribution in [3.8, 4) is 0 Å². The van der Waals surface area contributed by atoms with Crippen LogP contribution in [0.5, 0.6) is 0 Å². The number of ether oxygens (including phenoxy) is 1. The van der Waals surface area contributed by atoms with Crippen LogP contribution in [0.2, 0.25) is 0 Å². The number of thiophene rings is 1. The lowest BCUT2D eigenvalue weighted by molar-refractivity contribution is 0.0601. The van der Waals surface area contributed by atoms with Crippen molar-refractivity contribution >= 4 is 61.5 Å². The van der Waals surface area contributed by atoms with Crippen LogP contribution in [-0.4, -0.2) is 24.1 Å². The molecule has 3 N–H and O–H groups in total. The molecule has 2 heterocycles. The molecule has 2 rings (SSSR count). The highest BCUT2D eigenvalue weighted by Gasteiger charge is 2.21. The molecule has 0 aromatic carbocycles. The van der Waals surface area contributed by atoms with Crippen LogP contribution >= 0.6 is 39.5 Å². The van der Waals surface area contributed by atoms with Crippen molar-refractivity contribution in [2.24, 2.45) is 0 Å². The molecule has 0 aliphatic rings. The molecule has 2 aromatic rings. The van der Waals surface area contributed by atoms with Gasteiger partial charge in [0.05, 0.1) is 12.7 Å². The number of methoxy groups -OCH3 is 1. The minimum absolute atomic E-state index is 0.121. The van der Waals surface area contributed by atoms with E-state index in [1.807, 2.05) is 13.8 Å². The Morgan fingerprint density at radius 1 is 1.29 bits per heavy atom. The van der Waals surface area contributed by atoms with E-state index in [9.17, 15) is 9.59 Å². The van der Waals surface area contributed by atoms with Gasteiger partial charge in [-0.2, -0.15) is 0 Å². The van der Waals surface area contributed by atoms with Crippen molar-refractivity contribution in [2.75, 3.05) is 12.4 Å². The molecule has 0 fully saturated rings. The Hall–Kier alpha value is -1.91. The molecule has 0 bridgehead atoms. The van der Waals surface area contributed by atoms with Crippen LogP contribution < -0.4 is 16.2 Å². The summed E-state index contributed by atoms with van der Waals surface area (Å²) in [5, 5.41) is 3.55. The van der Waals surface area contributed by atoms with Crippen LogP contribution in [0.1, 0.15) is 31.4 Å². The summed E-state index contributed by atoms with van der Waals surface area (Å²) < 4.78 is 10.4. The van der Waals surface area contributed by atoms with E-state index in [1.165, 1.54) is 24.5 Å². The maximum absolute atomic E-state index is 11.9. The lowest BCUT2D eigenvalue weighted by atomic mass is 10.1. The van der Waals surface area contributed by atoms with E-state index in [2.05, 4.69) is 32.1 Å². The number of carbonyl (C=O) groups is 2. The van der Waals surface area contributed by atoms with Gasteiger partial charge in [0.15, 0.2) is 15.5 Å². The third-order valence-corrected chi connectivity index (χ3v) is 4.84. The number of hydrogen-bond donors (Lipinski definition) is 3. The van der Waals surface area contributed by atoms with Crippen LogP contribution in [0.15, 0.2) is 21.2 Å². The molecular weight excluding hydrogens is 418 g/mol. The predicted octanol–water partition coefficient (Wildman–Crippen LogP) is 3.14. The summed E-state index contributed by atoms with van der Waals surface area (Å²) in [4.78, 5) is 24.7. The summed E-state index contributed by atoms with van der Waals surface area (Å²) in [5.41, 5.74) is 6.19. The van der Waals surface area contributed by atoms with Crippen molar-refractivity contribution < 1.29 is 18.7 Å². The number of furan rings is 1. The summed E-state index contributed by atoms with van der Waals surface area (Å²) in [6.07, 6.45) is 0. The molecule has 2 aromatic heterocycles. The number of anilines is 1. The number of thiocarbonyl (C=S) groups is 1. The summed E-state index contributed by atoms with van der Waals surface area (Å²) in [6.45, 7) is 3.72. The summed E-state index contributed by atoms with van der Waals surface area (Å²) >= 11 is 9.61. The highest BCUT2D eigenvalue weighted by atomic mass is 79.9. The van der Waals surface area contributed by atoms with Gasteiger partial charge in [0.1, 0.15) is 5.00 Å². The van der Waals surface area contributed by atoms with E-state index in [0.29, 0.717) is 15.2 Å². The number of hydrazine groups is 1. The summed E-state index contributed by atoms with van der Waals surface area (Å²) in [6, 6.07) is 3.12. The Kier molecular flexibility index (Phi) is 5.97. The van der Waals surface area contributed by atoms with Crippen molar-refractivity contribution in [3.63, 3.8) is 0 Å². The molecule has 0 aliphatic heterocycles. The highest BCUT2D eigenvalue weighted by molar-refractivity contribution is 9.10. The maximum atomic E-state index is 11.9. The van der Waals surface area contributed by atoms with E-state index >= 15 is 0 Å². The zero-order valence-electron chi connectivity index (χ0n) is 13.0. The Labute approximate surface area is 155 Å². The van der Waals surface area contributed by atoms with E-state index in [-0.39, 0.29) is 10.9 Å². The van der Waals surface area contributed by atoms with Crippen LogP contribution in [0, 0.1) is 13.8 Å². The van der Waals surface area contributed by atoms with Crippen molar-refractivity contribution in [3.05, 3.63) is 38.6 Å². The first kappa shape index (κ1) is 18.4. The average molecular weight is 432 g/mol. The minimum atomic E-state index is -0.489. The first-order valence-corrected chi connectivity index (χ1v) is 8.66. The van der Waals surface area contributed by atoms with Gasteiger partial charge in [-0.1, -0.05) is 0 Å². The van der Waals surface area contributed by atoms with Crippen molar-refractivity contribution in [1.82, 2.24) is 10.9 Å². The largest absolute Gasteiger partial charge is 0.465 e. The zero-order valence-corrected chi connectivity index (χ0v) is 16.2. The molecule has 0 saturated carbocycles. The second-order valence-electron chi connectivity index (χ2n) is 4.62. The predicted molar refractivity (Wildman–Crippen MR) is 98.4 cm³/mol. The molecule has 10 heteroatoms. The number of nitrogens with one attached hydrogen (secondary N) is 3. The molecule has 0 spiro atoms. The number of halogens is 1. The SMILES string of the molecule is COC(=O)c1c(NC(=S)NNC(=O)c2ccc(Br)o2)sc(C)c1C. The van der Waals surface area contributed by atoms with Gasteiger partial charge in [-0.15, -0.1) is 11.3 Å². The molecule has 0 saturated heterocycles. The lowest BCUT2D eigenvalue weighted by Gasteiger charge is -2.11. The van der Waals surface area contributed by atoms with Gasteiger partial charge in [-0.25, -0.2) is 4.79 Å². The van der Waals surface area contributed by atoms with Crippen LogP contribution in [0.4, 0.5) is 5.00 Å². The van der Waals surface area contributed by atoms with Crippen LogP contribution in [0.25, 0.3) is 0 Å².